The van der Waals surface area contributed by atoms with Crippen LogP contribution in [-0.4, -0.2) is 94.6 Å². The molecule has 0 aromatic rings. The second-order valence-electron chi connectivity index (χ2n) is 13.2. The summed E-state index contributed by atoms with van der Waals surface area (Å²) in [6.45, 7) is 13.6. The maximum Gasteiger partial charge on any atom is 0.243 e. The van der Waals surface area contributed by atoms with E-state index < -0.39 is 23.4 Å². The Morgan fingerprint density at radius 3 is 1.86 bits per heavy atom. The predicted molar refractivity (Wildman–Crippen MR) is 162 cm³/mol. The number of unbranched alkanes of at least 4 members (excludes halogenated alkanes) is 1. The first-order chi connectivity index (χ1) is 20.5. The third-order valence-electron chi connectivity index (χ3n) is 8.09. The Kier molecular flexibility index (Phi) is 13.5. The van der Waals surface area contributed by atoms with E-state index in [2.05, 4.69) is 16.0 Å². The second-order valence-corrected chi connectivity index (χ2v) is 13.2. The lowest BCUT2D eigenvalue weighted by molar-refractivity contribution is -0.141. The molecule has 0 spiro atoms. The first-order valence-corrected chi connectivity index (χ1v) is 15.7. The molecule has 3 unspecified atom stereocenters. The van der Waals surface area contributed by atoms with Gasteiger partial charge in [-0.25, -0.2) is 0 Å². The van der Waals surface area contributed by atoms with Crippen LogP contribution >= 0.6 is 0 Å². The number of nitrogens with zero attached hydrogens (tertiary/aromatic N) is 2. The second kappa shape index (κ2) is 16.1. The van der Waals surface area contributed by atoms with Gasteiger partial charge in [-0.3, -0.25) is 43.4 Å². The van der Waals surface area contributed by atoms with Crippen LogP contribution in [0, 0.1) is 11.8 Å². The summed E-state index contributed by atoms with van der Waals surface area (Å²) in [5.41, 5.74) is -1.08. The molecule has 3 N–H and O–H groups in total. The highest BCUT2D eigenvalue weighted by atomic mass is 16.5. The summed E-state index contributed by atoms with van der Waals surface area (Å²) in [6, 6.07) is -0.880. The van der Waals surface area contributed by atoms with E-state index in [1.807, 2.05) is 34.6 Å². The van der Waals surface area contributed by atoms with Gasteiger partial charge in [-0.05, 0) is 53.4 Å². The summed E-state index contributed by atoms with van der Waals surface area (Å²) in [5.74, 6) is -3.02. The van der Waals surface area contributed by atoms with Crippen molar-refractivity contribution in [2.24, 2.45) is 11.8 Å². The number of hydrogen-bond donors (Lipinski definition) is 3. The van der Waals surface area contributed by atoms with Crippen molar-refractivity contribution in [2.45, 2.75) is 117 Å². The van der Waals surface area contributed by atoms with Crippen molar-refractivity contribution in [1.29, 1.82) is 0 Å². The molecule has 13 heteroatoms. The molecule has 13 nitrogen and oxygen atoms in total. The Morgan fingerprint density at radius 1 is 0.864 bits per heavy atom. The van der Waals surface area contributed by atoms with Gasteiger partial charge < -0.3 is 20.7 Å². The van der Waals surface area contributed by atoms with Crippen LogP contribution in [0.2, 0.25) is 0 Å². The average molecular weight is 622 g/mol. The molecule has 2 fully saturated rings. The highest BCUT2D eigenvalue weighted by Gasteiger charge is 2.37. The van der Waals surface area contributed by atoms with Crippen LogP contribution in [0.15, 0.2) is 0 Å². The van der Waals surface area contributed by atoms with E-state index in [-0.39, 0.29) is 98.8 Å². The van der Waals surface area contributed by atoms with E-state index >= 15 is 0 Å². The Balaban J connectivity index is 1.89. The largest absolute Gasteiger partial charge is 0.373 e. The number of likely N-dealkylation sites (tertiary alicyclic amines) is 2. The van der Waals surface area contributed by atoms with Gasteiger partial charge in [-0.15, -0.1) is 0 Å². The summed E-state index contributed by atoms with van der Waals surface area (Å²) < 4.78 is 5.98. The number of nitrogens with one attached hydrogen (secondary N) is 3. The number of rotatable bonds is 18. The molecule has 0 aromatic heterocycles. The van der Waals surface area contributed by atoms with Crippen molar-refractivity contribution >= 4 is 41.4 Å². The standard InChI is InChI=1S/C31H51N5O8/c1-8-31(6,7)44-19-30(4,5)34-27(41)22(33-24(38)13-16-36-26(40)18-21(3)29(36)43)11-9-10-14-32-23(37)12-15-35-25(39)17-20(2)28(35)42/h20-22H,8-19H2,1-7H3,(H,32,37)(H,33,38)(H,34,41). The number of amides is 7. The molecule has 44 heavy (non-hydrogen) atoms. The lowest BCUT2D eigenvalue weighted by Gasteiger charge is -2.33. The normalized spacial score (nSPS) is 19.9. The van der Waals surface area contributed by atoms with Gasteiger partial charge >= 0.3 is 0 Å². The van der Waals surface area contributed by atoms with Crippen LogP contribution < -0.4 is 16.0 Å². The molecule has 3 atom stereocenters. The Morgan fingerprint density at radius 2 is 1.39 bits per heavy atom. The molecule has 2 heterocycles. The van der Waals surface area contributed by atoms with Gasteiger partial charge in [-0.2, -0.15) is 0 Å². The molecule has 0 radical (unpaired) electrons. The van der Waals surface area contributed by atoms with E-state index in [0.29, 0.717) is 19.4 Å². The fraction of sp³-hybridized carbons (Fsp3) is 0.774. The van der Waals surface area contributed by atoms with Crippen molar-refractivity contribution in [1.82, 2.24) is 25.8 Å². The summed E-state index contributed by atoms with van der Waals surface area (Å²) in [6.07, 6.45) is 2.29. The summed E-state index contributed by atoms with van der Waals surface area (Å²) in [4.78, 5) is 88.8. The van der Waals surface area contributed by atoms with Crippen LogP contribution in [0.5, 0.6) is 0 Å². The van der Waals surface area contributed by atoms with Crippen LogP contribution in [-0.2, 0) is 38.3 Å². The molecular weight excluding hydrogens is 570 g/mol. The number of imide groups is 2. The molecule has 2 aliphatic rings. The van der Waals surface area contributed by atoms with Crippen molar-refractivity contribution in [3.8, 4) is 0 Å². The zero-order chi connectivity index (χ0) is 33.2. The van der Waals surface area contributed by atoms with Crippen LogP contribution in [0.4, 0.5) is 0 Å². The molecule has 0 bridgehead atoms. The summed E-state index contributed by atoms with van der Waals surface area (Å²) >= 11 is 0. The van der Waals surface area contributed by atoms with Crippen molar-refractivity contribution in [3.63, 3.8) is 0 Å². The van der Waals surface area contributed by atoms with Gasteiger partial charge in [0.15, 0.2) is 0 Å². The number of carbonyl (C=O) groups is 7. The summed E-state index contributed by atoms with van der Waals surface area (Å²) in [5, 5.41) is 8.48. The molecule has 2 aliphatic heterocycles. The van der Waals surface area contributed by atoms with E-state index in [1.54, 1.807) is 13.8 Å². The SMILES string of the molecule is CCC(C)(C)OCC(C)(C)NC(=O)C(CCCCNC(=O)CCN1C(=O)CC(C)C1=O)NC(=O)CCN1C(=O)CC(C)C1=O. The quantitative estimate of drug-likeness (QED) is 0.152. The van der Waals surface area contributed by atoms with Gasteiger partial charge in [0, 0.05) is 57.2 Å². The lowest BCUT2D eigenvalue weighted by Crippen LogP contribution is -2.55. The summed E-state index contributed by atoms with van der Waals surface area (Å²) in [7, 11) is 0. The molecule has 7 amide bonds. The predicted octanol–water partition coefficient (Wildman–Crippen LogP) is 1.43. The average Bonchev–Trinajstić information content (AvgIpc) is 3.33. The monoisotopic (exact) mass is 621 g/mol. The van der Waals surface area contributed by atoms with Gasteiger partial charge in [-0.1, -0.05) is 20.8 Å². The molecule has 248 valence electrons. The fourth-order valence-electron chi connectivity index (χ4n) is 4.85. The number of carbonyl (C=O) groups excluding carboxylic acids is 7. The molecule has 2 saturated heterocycles. The minimum Gasteiger partial charge on any atom is -0.373 e. The molecule has 2 rings (SSSR count). The Labute approximate surface area is 260 Å². The highest BCUT2D eigenvalue weighted by Crippen LogP contribution is 2.20. The first-order valence-electron chi connectivity index (χ1n) is 15.7. The number of hydrogen-bond acceptors (Lipinski definition) is 8. The lowest BCUT2D eigenvalue weighted by atomic mass is 10.0. The molecule has 0 aromatic carbocycles. The Hall–Kier alpha value is -3.35. The van der Waals surface area contributed by atoms with Crippen molar-refractivity contribution < 1.29 is 38.3 Å². The minimum atomic E-state index is -0.880. The van der Waals surface area contributed by atoms with Crippen LogP contribution in [0.25, 0.3) is 0 Å². The maximum absolute atomic E-state index is 13.3. The van der Waals surface area contributed by atoms with Gasteiger partial charge in [0.25, 0.3) is 0 Å². The zero-order valence-corrected chi connectivity index (χ0v) is 27.4. The third-order valence-corrected chi connectivity index (χ3v) is 8.09. The van der Waals surface area contributed by atoms with Gasteiger partial charge in [0.2, 0.25) is 41.4 Å². The van der Waals surface area contributed by atoms with E-state index in [9.17, 15) is 33.6 Å². The van der Waals surface area contributed by atoms with E-state index in [4.69, 9.17) is 4.74 Å². The van der Waals surface area contributed by atoms with E-state index in [0.717, 1.165) is 16.2 Å². The van der Waals surface area contributed by atoms with Crippen molar-refractivity contribution in [2.75, 3.05) is 26.2 Å². The molecular formula is C31H51N5O8. The highest BCUT2D eigenvalue weighted by molar-refractivity contribution is 6.04. The van der Waals surface area contributed by atoms with Crippen LogP contribution in [0.3, 0.4) is 0 Å². The maximum atomic E-state index is 13.3. The van der Waals surface area contributed by atoms with E-state index in [1.165, 1.54) is 0 Å². The molecule has 0 saturated carbocycles. The first kappa shape index (κ1) is 36.8. The third kappa shape index (κ3) is 11.3. The molecule has 0 aliphatic carbocycles. The fourth-order valence-corrected chi connectivity index (χ4v) is 4.85. The van der Waals surface area contributed by atoms with Crippen molar-refractivity contribution in [3.05, 3.63) is 0 Å². The van der Waals surface area contributed by atoms with Crippen LogP contribution in [0.1, 0.15) is 99.8 Å². The topological polar surface area (TPSA) is 171 Å². The number of ether oxygens (including phenoxy) is 1. The van der Waals surface area contributed by atoms with Gasteiger partial charge in [0.05, 0.1) is 17.7 Å². The smallest absolute Gasteiger partial charge is 0.243 e. The zero-order valence-electron chi connectivity index (χ0n) is 27.4. The Bertz CT molecular complexity index is 1100. The minimum absolute atomic E-state index is 0.0120. The van der Waals surface area contributed by atoms with Gasteiger partial charge in [0.1, 0.15) is 6.04 Å².